The molecule has 1 saturated carbocycles. The molecule has 0 radical (unpaired) electrons. The van der Waals surface area contributed by atoms with E-state index in [4.69, 9.17) is 4.74 Å². The maximum atomic E-state index is 12.1. The van der Waals surface area contributed by atoms with Crippen LogP contribution in [-0.2, 0) is 9.53 Å². The molecule has 0 saturated heterocycles. The van der Waals surface area contributed by atoms with Crippen molar-refractivity contribution in [3.05, 3.63) is 38.3 Å². The zero-order valence-electron chi connectivity index (χ0n) is 13.4. The number of halogens is 1. The van der Waals surface area contributed by atoms with E-state index < -0.39 is 10.9 Å². The number of nitrogens with zero attached hydrogens (tertiary/aromatic N) is 2. The lowest BCUT2D eigenvalue weighted by molar-refractivity contribution is -0.385. The lowest BCUT2D eigenvalue weighted by atomic mass is 9.94. The van der Waals surface area contributed by atoms with Crippen LogP contribution in [0.1, 0.15) is 42.5 Å². The van der Waals surface area contributed by atoms with Crippen LogP contribution in [0.4, 0.5) is 5.69 Å². The van der Waals surface area contributed by atoms with Crippen molar-refractivity contribution in [2.45, 2.75) is 38.1 Å². The highest BCUT2D eigenvalue weighted by molar-refractivity contribution is 9.10. The lowest BCUT2D eigenvalue weighted by Gasteiger charge is -2.31. The number of rotatable bonds is 5. The fourth-order valence-electron chi connectivity index (χ4n) is 2.76. The van der Waals surface area contributed by atoms with E-state index in [1.165, 1.54) is 18.6 Å². The highest BCUT2D eigenvalue weighted by Gasteiger charge is 2.23. The second kappa shape index (κ2) is 8.23. The molecule has 0 bridgehead atoms. The topological polar surface area (TPSA) is 89.8 Å². The maximum Gasteiger partial charge on any atom is 0.338 e. The summed E-state index contributed by atoms with van der Waals surface area (Å²) in [4.78, 5) is 36.1. The zero-order chi connectivity index (χ0) is 17.7. The molecule has 0 aliphatic heterocycles. The third kappa shape index (κ3) is 4.53. The number of nitro groups is 1. The molecule has 0 spiro atoms. The summed E-state index contributed by atoms with van der Waals surface area (Å²) in [5.41, 5.74) is -0.187. The van der Waals surface area contributed by atoms with Gasteiger partial charge in [0.15, 0.2) is 6.61 Å². The van der Waals surface area contributed by atoms with Gasteiger partial charge in [-0.15, -0.1) is 0 Å². The minimum Gasteiger partial charge on any atom is -0.452 e. The quantitative estimate of drug-likeness (QED) is 0.431. The standard InChI is InChI=1S/C16H19BrN2O5/c1-18(12-5-3-2-4-6-12)15(20)10-24-16(21)11-7-8-13(17)14(9-11)19(22)23/h7-9,12H,2-6,10H2,1H3. The van der Waals surface area contributed by atoms with Gasteiger partial charge in [-0.3, -0.25) is 14.9 Å². The Balaban J connectivity index is 1.93. The molecule has 1 aromatic rings. The van der Waals surface area contributed by atoms with Crippen molar-refractivity contribution in [1.29, 1.82) is 0 Å². The van der Waals surface area contributed by atoms with Gasteiger partial charge in [0.25, 0.3) is 11.6 Å². The number of nitro benzene ring substituents is 1. The third-order valence-corrected chi connectivity index (χ3v) is 4.89. The molecule has 1 amide bonds. The Kier molecular flexibility index (Phi) is 6.30. The Morgan fingerprint density at radius 2 is 2.00 bits per heavy atom. The number of benzene rings is 1. The fourth-order valence-corrected chi connectivity index (χ4v) is 3.16. The summed E-state index contributed by atoms with van der Waals surface area (Å²) >= 11 is 3.05. The van der Waals surface area contributed by atoms with Crippen LogP contribution in [0, 0.1) is 10.1 Å². The van der Waals surface area contributed by atoms with E-state index in [1.807, 2.05) is 0 Å². The van der Waals surface area contributed by atoms with Crippen LogP contribution in [0.5, 0.6) is 0 Å². The van der Waals surface area contributed by atoms with Crippen molar-refractivity contribution >= 4 is 33.5 Å². The Bertz CT molecular complexity index is 643. The predicted molar refractivity (Wildman–Crippen MR) is 90.7 cm³/mol. The van der Waals surface area contributed by atoms with Gasteiger partial charge in [0.1, 0.15) is 0 Å². The van der Waals surface area contributed by atoms with E-state index in [0.717, 1.165) is 31.7 Å². The first-order valence-corrected chi connectivity index (χ1v) is 8.56. The molecular weight excluding hydrogens is 380 g/mol. The molecule has 0 heterocycles. The smallest absolute Gasteiger partial charge is 0.338 e. The predicted octanol–water partition coefficient (Wildman–Crippen LogP) is 3.31. The fraction of sp³-hybridized carbons (Fsp3) is 0.500. The van der Waals surface area contributed by atoms with Crippen molar-refractivity contribution < 1.29 is 19.2 Å². The second-order valence-corrected chi connectivity index (χ2v) is 6.65. The first-order valence-electron chi connectivity index (χ1n) is 7.77. The van der Waals surface area contributed by atoms with E-state index in [-0.39, 0.29) is 34.3 Å². The molecular formula is C16H19BrN2O5. The van der Waals surface area contributed by atoms with Gasteiger partial charge in [-0.05, 0) is 40.9 Å². The number of likely N-dealkylation sites (N-methyl/N-ethyl adjacent to an activating group) is 1. The van der Waals surface area contributed by atoms with Crippen LogP contribution in [0.15, 0.2) is 22.7 Å². The monoisotopic (exact) mass is 398 g/mol. The molecule has 1 aromatic carbocycles. The van der Waals surface area contributed by atoms with Gasteiger partial charge in [0.2, 0.25) is 0 Å². The molecule has 7 nitrogen and oxygen atoms in total. The van der Waals surface area contributed by atoms with E-state index in [0.29, 0.717) is 0 Å². The average molecular weight is 399 g/mol. The largest absolute Gasteiger partial charge is 0.452 e. The van der Waals surface area contributed by atoms with Gasteiger partial charge in [-0.1, -0.05) is 19.3 Å². The normalized spacial score (nSPS) is 14.9. The molecule has 130 valence electrons. The number of hydrogen-bond donors (Lipinski definition) is 0. The number of hydrogen-bond acceptors (Lipinski definition) is 5. The van der Waals surface area contributed by atoms with Crippen molar-refractivity contribution in [2.75, 3.05) is 13.7 Å². The SMILES string of the molecule is CN(C(=O)COC(=O)c1ccc(Br)c([N+](=O)[O-])c1)C1CCCCC1. The summed E-state index contributed by atoms with van der Waals surface area (Å²) < 4.78 is 5.28. The van der Waals surface area contributed by atoms with E-state index >= 15 is 0 Å². The molecule has 1 aliphatic rings. The Morgan fingerprint density at radius 1 is 1.33 bits per heavy atom. The van der Waals surface area contributed by atoms with Gasteiger partial charge in [0, 0.05) is 19.2 Å². The number of ether oxygens (including phenoxy) is 1. The van der Waals surface area contributed by atoms with Gasteiger partial charge in [-0.2, -0.15) is 0 Å². The van der Waals surface area contributed by atoms with Gasteiger partial charge in [-0.25, -0.2) is 4.79 Å². The van der Waals surface area contributed by atoms with Crippen LogP contribution in [0.3, 0.4) is 0 Å². The van der Waals surface area contributed by atoms with Crippen molar-refractivity contribution in [3.8, 4) is 0 Å². The number of carbonyl (C=O) groups excluding carboxylic acids is 2. The lowest BCUT2D eigenvalue weighted by Crippen LogP contribution is -2.40. The van der Waals surface area contributed by atoms with Crippen LogP contribution in [0.2, 0.25) is 0 Å². The first-order chi connectivity index (χ1) is 11.4. The average Bonchev–Trinajstić information content (AvgIpc) is 2.59. The van der Waals surface area contributed by atoms with E-state index in [2.05, 4.69) is 15.9 Å². The number of esters is 1. The van der Waals surface area contributed by atoms with E-state index in [9.17, 15) is 19.7 Å². The summed E-state index contributed by atoms with van der Waals surface area (Å²) in [6, 6.07) is 4.14. The van der Waals surface area contributed by atoms with Gasteiger partial charge < -0.3 is 9.64 Å². The molecule has 1 aliphatic carbocycles. The van der Waals surface area contributed by atoms with Crippen LogP contribution >= 0.6 is 15.9 Å². The highest BCUT2D eigenvalue weighted by Crippen LogP contribution is 2.26. The third-order valence-electron chi connectivity index (χ3n) is 4.22. The van der Waals surface area contributed by atoms with Gasteiger partial charge >= 0.3 is 5.97 Å². The summed E-state index contributed by atoms with van der Waals surface area (Å²) in [5.74, 6) is -1.02. The van der Waals surface area contributed by atoms with Crippen LogP contribution in [0.25, 0.3) is 0 Å². The molecule has 1 fully saturated rings. The minimum absolute atomic E-state index is 0.0398. The molecule has 2 rings (SSSR count). The molecule has 24 heavy (non-hydrogen) atoms. The molecule has 0 atom stereocenters. The summed E-state index contributed by atoms with van der Waals surface area (Å²) in [7, 11) is 1.72. The zero-order valence-corrected chi connectivity index (χ0v) is 15.0. The van der Waals surface area contributed by atoms with Crippen molar-refractivity contribution in [3.63, 3.8) is 0 Å². The molecule has 0 aromatic heterocycles. The summed E-state index contributed by atoms with van der Waals surface area (Å²) in [5, 5.41) is 10.9. The summed E-state index contributed by atoms with van der Waals surface area (Å²) in [6.45, 7) is -0.365. The molecule has 0 unspecified atom stereocenters. The van der Waals surface area contributed by atoms with Crippen LogP contribution in [-0.4, -0.2) is 41.4 Å². The molecule has 0 N–H and O–H groups in total. The second-order valence-electron chi connectivity index (χ2n) is 5.80. The number of amides is 1. The Labute approximate surface area is 148 Å². The summed E-state index contributed by atoms with van der Waals surface area (Å²) in [6.07, 6.45) is 5.33. The van der Waals surface area contributed by atoms with Crippen molar-refractivity contribution in [1.82, 2.24) is 4.90 Å². The first kappa shape index (κ1) is 18.4. The van der Waals surface area contributed by atoms with Crippen LogP contribution < -0.4 is 0 Å². The Hall–Kier alpha value is -1.96. The highest BCUT2D eigenvalue weighted by atomic mass is 79.9. The van der Waals surface area contributed by atoms with Gasteiger partial charge in [0.05, 0.1) is 15.0 Å². The van der Waals surface area contributed by atoms with Crippen molar-refractivity contribution in [2.24, 2.45) is 0 Å². The molecule has 8 heteroatoms. The maximum absolute atomic E-state index is 12.1. The number of carbonyl (C=O) groups is 2. The minimum atomic E-state index is -0.754. The van der Waals surface area contributed by atoms with E-state index in [1.54, 1.807) is 11.9 Å². The Morgan fingerprint density at radius 3 is 2.62 bits per heavy atom.